The summed E-state index contributed by atoms with van der Waals surface area (Å²) in [6, 6.07) is 18.9. The van der Waals surface area contributed by atoms with Crippen LogP contribution in [0.1, 0.15) is 23.3 Å². The molecule has 1 amide bonds. The van der Waals surface area contributed by atoms with Gasteiger partial charge in [0, 0.05) is 7.05 Å². The lowest BCUT2D eigenvalue weighted by Crippen LogP contribution is -2.39. The zero-order valence-electron chi connectivity index (χ0n) is 12.4. The molecule has 3 atom stereocenters. The van der Waals surface area contributed by atoms with Gasteiger partial charge in [-0.05, 0) is 11.1 Å². The highest BCUT2D eigenvalue weighted by molar-refractivity contribution is 5.82. The second-order valence-electron chi connectivity index (χ2n) is 5.49. The summed E-state index contributed by atoms with van der Waals surface area (Å²) < 4.78 is 5.90. The molecule has 0 unspecified atom stereocenters. The van der Waals surface area contributed by atoms with Crippen LogP contribution in [-0.4, -0.2) is 35.7 Å². The number of nitrogens with zero attached hydrogens (tertiary/aromatic N) is 1. The largest absolute Gasteiger partial charge is 0.380 e. The predicted octanol–water partition coefficient (Wildman–Crippen LogP) is 2.32. The first kappa shape index (κ1) is 14.8. The molecule has 1 N–H and O–H groups in total. The van der Waals surface area contributed by atoms with E-state index in [9.17, 15) is 9.90 Å². The van der Waals surface area contributed by atoms with Gasteiger partial charge in [0.1, 0.15) is 6.10 Å². The maximum atomic E-state index is 12.5. The lowest BCUT2D eigenvalue weighted by molar-refractivity contribution is -0.143. The Labute approximate surface area is 130 Å². The van der Waals surface area contributed by atoms with E-state index >= 15 is 0 Å². The summed E-state index contributed by atoms with van der Waals surface area (Å²) in [7, 11) is 1.71. The molecule has 1 fully saturated rings. The molecule has 4 heteroatoms. The van der Waals surface area contributed by atoms with E-state index < -0.39 is 12.2 Å². The molecule has 1 aliphatic rings. The summed E-state index contributed by atoms with van der Waals surface area (Å²) in [5, 5.41) is 10.4. The molecule has 2 aromatic carbocycles. The molecular weight excluding hydrogens is 278 g/mol. The van der Waals surface area contributed by atoms with Crippen LogP contribution in [0.15, 0.2) is 60.7 Å². The summed E-state index contributed by atoms with van der Waals surface area (Å²) in [6.45, 7) is 0.350. The van der Waals surface area contributed by atoms with Crippen LogP contribution >= 0.6 is 0 Å². The molecule has 0 aliphatic carbocycles. The number of benzene rings is 2. The third-order valence-corrected chi connectivity index (χ3v) is 4.10. The van der Waals surface area contributed by atoms with Gasteiger partial charge in [0.25, 0.3) is 5.91 Å². The molecule has 1 heterocycles. The van der Waals surface area contributed by atoms with Crippen LogP contribution in [0.5, 0.6) is 0 Å². The normalized spacial score (nSPS) is 25.8. The molecule has 114 valence electrons. The first-order valence-corrected chi connectivity index (χ1v) is 7.34. The van der Waals surface area contributed by atoms with E-state index in [0.29, 0.717) is 6.61 Å². The summed E-state index contributed by atoms with van der Waals surface area (Å²) in [6.07, 6.45) is -1.83. The molecule has 0 spiro atoms. The standard InChI is InChI=1S/C18H19NO3/c1-19-15(13-8-4-2-5-9-13)12-22-17(16(20)18(19)21)14-10-6-3-7-11-14/h2-11,15-17,20H,12H2,1H3/t15-,16-,17+/m0/s1. The molecule has 3 rings (SSSR count). The van der Waals surface area contributed by atoms with Crippen LogP contribution in [-0.2, 0) is 9.53 Å². The fourth-order valence-electron chi connectivity index (χ4n) is 2.81. The minimum atomic E-state index is -1.19. The summed E-state index contributed by atoms with van der Waals surface area (Å²) in [5.41, 5.74) is 1.81. The number of carbonyl (C=O) groups excluding carboxylic acids is 1. The zero-order chi connectivity index (χ0) is 15.5. The average molecular weight is 297 g/mol. The van der Waals surface area contributed by atoms with E-state index in [1.165, 1.54) is 0 Å². The Kier molecular flexibility index (Phi) is 4.22. The number of rotatable bonds is 2. The van der Waals surface area contributed by atoms with Gasteiger partial charge < -0.3 is 14.7 Å². The summed E-state index contributed by atoms with van der Waals surface area (Å²) in [5.74, 6) is -0.319. The minimum Gasteiger partial charge on any atom is -0.380 e. The van der Waals surface area contributed by atoms with Crippen molar-refractivity contribution in [2.75, 3.05) is 13.7 Å². The summed E-state index contributed by atoms with van der Waals surface area (Å²) in [4.78, 5) is 14.1. The van der Waals surface area contributed by atoms with Crippen molar-refractivity contribution in [3.63, 3.8) is 0 Å². The molecule has 1 saturated heterocycles. The van der Waals surface area contributed by atoms with Crippen molar-refractivity contribution in [3.8, 4) is 0 Å². The van der Waals surface area contributed by atoms with Crippen LogP contribution in [0.4, 0.5) is 0 Å². The molecule has 0 saturated carbocycles. The van der Waals surface area contributed by atoms with Gasteiger partial charge in [-0.25, -0.2) is 0 Å². The average Bonchev–Trinajstić information content (AvgIpc) is 2.68. The SMILES string of the molecule is CN1C(=O)[C@@H](O)[C@@H](c2ccccc2)OC[C@H]1c1ccccc1. The van der Waals surface area contributed by atoms with Crippen molar-refractivity contribution in [2.24, 2.45) is 0 Å². The topological polar surface area (TPSA) is 49.8 Å². The van der Waals surface area contributed by atoms with E-state index in [2.05, 4.69) is 0 Å². The Bertz CT molecular complexity index is 574. The maximum absolute atomic E-state index is 12.5. The Morgan fingerprint density at radius 1 is 1.00 bits per heavy atom. The second kappa shape index (κ2) is 6.30. The van der Waals surface area contributed by atoms with Crippen LogP contribution in [0, 0.1) is 0 Å². The predicted molar refractivity (Wildman–Crippen MR) is 83.1 cm³/mol. The van der Waals surface area contributed by atoms with Crippen molar-refractivity contribution in [1.29, 1.82) is 0 Å². The molecule has 1 aliphatic heterocycles. The number of amides is 1. The van der Waals surface area contributed by atoms with E-state index in [0.717, 1.165) is 11.1 Å². The fraction of sp³-hybridized carbons (Fsp3) is 0.278. The fourth-order valence-corrected chi connectivity index (χ4v) is 2.81. The number of carbonyl (C=O) groups is 1. The molecule has 4 nitrogen and oxygen atoms in total. The van der Waals surface area contributed by atoms with Gasteiger partial charge in [-0.15, -0.1) is 0 Å². The van der Waals surface area contributed by atoms with Gasteiger partial charge in [0.15, 0.2) is 6.10 Å². The minimum absolute atomic E-state index is 0.197. The zero-order valence-corrected chi connectivity index (χ0v) is 12.4. The number of ether oxygens (including phenoxy) is 1. The van der Waals surface area contributed by atoms with Crippen molar-refractivity contribution in [3.05, 3.63) is 71.8 Å². The van der Waals surface area contributed by atoms with E-state index in [1.54, 1.807) is 11.9 Å². The number of hydrogen-bond acceptors (Lipinski definition) is 3. The van der Waals surface area contributed by atoms with Gasteiger partial charge in [0.2, 0.25) is 0 Å². The number of likely N-dealkylation sites (N-methyl/N-ethyl adjacent to an activating group) is 1. The Hall–Kier alpha value is -2.17. The Balaban J connectivity index is 1.90. The first-order valence-electron chi connectivity index (χ1n) is 7.34. The third kappa shape index (κ3) is 2.75. The lowest BCUT2D eigenvalue weighted by Gasteiger charge is -2.26. The van der Waals surface area contributed by atoms with Gasteiger partial charge >= 0.3 is 0 Å². The van der Waals surface area contributed by atoms with E-state index in [-0.39, 0.29) is 11.9 Å². The second-order valence-corrected chi connectivity index (χ2v) is 5.49. The van der Waals surface area contributed by atoms with E-state index in [1.807, 2.05) is 60.7 Å². The smallest absolute Gasteiger partial charge is 0.254 e. The summed E-state index contributed by atoms with van der Waals surface area (Å²) >= 11 is 0. The van der Waals surface area contributed by atoms with Crippen LogP contribution in [0.25, 0.3) is 0 Å². The van der Waals surface area contributed by atoms with Gasteiger partial charge in [0.05, 0.1) is 12.6 Å². The van der Waals surface area contributed by atoms with Crippen LogP contribution in [0.3, 0.4) is 0 Å². The van der Waals surface area contributed by atoms with Crippen molar-refractivity contribution in [1.82, 2.24) is 4.90 Å². The number of aliphatic hydroxyl groups excluding tert-OH is 1. The van der Waals surface area contributed by atoms with Gasteiger partial charge in [-0.2, -0.15) is 0 Å². The first-order chi connectivity index (χ1) is 10.7. The monoisotopic (exact) mass is 297 g/mol. The molecular formula is C18H19NO3. The van der Waals surface area contributed by atoms with E-state index in [4.69, 9.17) is 4.74 Å². The molecule has 22 heavy (non-hydrogen) atoms. The molecule has 2 aromatic rings. The molecule has 0 bridgehead atoms. The number of aliphatic hydroxyl groups is 1. The molecule has 0 aromatic heterocycles. The van der Waals surface area contributed by atoms with Crippen molar-refractivity contribution >= 4 is 5.91 Å². The number of hydrogen-bond donors (Lipinski definition) is 1. The van der Waals surface area contributed by atoms with Gasteiger partial charge in [-0.1, -0.05) is 60.7 Å². The highest BCUT2D eigenvalue weighted by Gasteiger charge is 2.37. The van der Waals surface area contributed by atoms with Crippen molar-refractivity contribution < 1.29 is 14.6 Å². The van der Waals surface area contributed by atoms with Gasteiger partial charge in [-0.3, -0.25) is 4.79 Å². The maximum Gasteiger partial charge on any atom is 0.254 e. The third-order valence-electron chi connectivity index (χ3n) is 4.10. The van der Waals surface area contributed by atoms with Crippen LogP contribution in [0.2, 0.25) is 0 Å². The lowest BCUT2D eigenvalue weighted by atomic mass is 10.0. The highest BCUT2D eigenvalue weighted by atomic mass is 16.5. The highest BCUT2D eigenvalue weighted by Crippen LogP contribution is 2.31. The van der Waals surface area contributed by atoms with Crippen molar-refractivity contribution in [2.45, 2.75) is 18.2 Å². The Morgan fingerprint density at radius 2 is 1.55 bits per heavy atom. The quantitative estimate of drug-likeness (QED) is 0.925. The Morgan fingerprint density at radius 3 is 2.14 bits per heavy atom. The molecule has 0 radical (unpaired) electrons. The van der Waals surface area contributed by atoms with Crippen LogP contribution < -0.4 is 0 Å².